The molecule has 306 valence electrons. The van der Waals surface area contributed by atoms with Gasteiger partial charge in [-0.05, 0) is 95.1 Å². The van der Waals surface area contributed by atoms with Crippen molar-refractivity contribution in [2.75, 3.05) is 59.6 Å². The van der Waals surface area contributed by atoms with Crippen molar-refractivity contribution < 1.29 is 28.4 Å². The zero-order valence-corrected chi connectivity index (χ0v) is 35.1. The normalized spacial score (nSPS) is 19.1. The van der Waals surface area contributed by atoms with Crippen LogP contribution in [0.1, 0.15) is 72.8 Å². The Hall–Kier alpha value is -5.92. The van der Waals surface area contributed by atoms with Crippen LogP contribution < -0.4 is 28.6 Å². The summed E-state index contributed by atoms with van der Waals surface area (Å²) in [6.45, 7) is 3.22. The Bertz CT molecular complexity index is 2580. The Balaban J connectivity index is 1.26. The number of anilines is 1. The molecule has 1 unspecified atom stereocenters. The fourth-order valence-electron chi connectivity index (χ4n) is 10.7. The molecule has 10 rings (SSSR count). The maximum atomic E-state index is 7.84. The second-order valence-electron chi connectivity index (χ2n) is 16.6. The highest BCUT2D eigenvalue weighted by molar-refractivity contribution is 6.11. The van der Waals surface area contributed by atoms with Gasteiger partial charge in [0.2, 0.25) is 0 Å². The van der Waals surface area contributed by atoms with Crippen LogP contribution in [0.3, 0.4) is 0 Å². The SMILES string of the molecule is COc1ccc(C2(c3ccc(N4CCOCC4)cc3)C=Cc3c4c(c5cc(-c6ccc(OC)cc6OC)c(OC)cc5c3O2)-c2ccccc2C42CCCCCCC2)cc1. The molecule has 2 heterocycles. The molecular weight excluding hydrogens is 747 g/mol. The predicted octanol–water partition coefficient (Wildman–Crippen LogP) is 11.7. The first kappa shape index (κ1) is 38.3. The Morgan fingerprint density at radius 3 is 1.93 bits per heavy atom. The predicted molar refractivity (Wildman–Crippen MR) is 240 cm³/mol. The van der Waals surface area contributed by atoms with Gasteiger partial charge >= 0.3 is 0 Å². The van der Waals surface area contributed by atoms with Crippen molar-refractivity contribution in [2.24, 2.45) is 0 Å². The van der Waals surface area contributed by atoms with Gasteiger partial charge in [-0.25, -0.2) is 0 Å². The summed E-state index contributed by atoms with van der Waals surface area (Å²) in [4.78, 5) is 2.39. The topological polar surface area (TPSA) is 58.6 Å². The number of morpholine rings is 1. The molecule has 6 aromatic carbocycles. The Morgan fingerprint density at radius 1 is 0.583 bits per heavy atom. The number of benzene rings is 6. The molecular formula is C53H53NO6. The van der Waals surface area contributed by atoms with E-state index in [1.54, 1.807) is 28.4 Å². The summed E-state index contributed by atoms with van der Waals surface area (Å²) < 4.78 is 37.1. The van der Waals surface area contributed by atoms with Gasteiger partial charge in [-0.15, -0.1) is 0 Å². The quantitative estimate of drug-likeness (QED) is 0.152. The lowest BCUT2D eigenvalue weighted by atomic mass is 9.67. The molecule has 1 saturated heterocycles. The highest BCUT2D eigenvalue weighted by atomic mass is 16.5. The average Bonchev–Trinajstić information content (AvgIpc) is 3.60. The number of methoxy groups -OCH3 is 4. The van der Waals surface area contributed by atoms with E-state index >= 15 is 0 Å². The van der Waals surface area contributed by atoms with E-state index in [2.05, 4.69) is 95.9 Å². The minimum absolute atomic E-state index is 0.143. The van der Waals surface area contributed by atoms with Crippen LogP contribution in [0, 0.1) is 0 Å². The molecule has 1 spiro atoms. The van der Waals surface area contributed by atoms with Crippen molar-refractivity contribution in [2.45, 2.75) is 56.0 Å². The van der Waals surface area contributed by atoms with E-state index in [1.807, 2.05) is 24.3 Å². The Labute approximate surface area is 353 Å². The van der Waals surface area contributed by atoms with Crippen molar-refractivity contribution in [1.82, 2.24) is 0 Å². The molecule has 1 atom stereocenters. The molecule has 1 saturated carbocycles. The van der Waals surface area contributed by atoms with Gasteiger partial charge in [-0.1, -0.05) is 86.7 Å². The molecule has 4 aliphatic rings. The first-order valence-corrected chi connectivity index (χ1v) is 21.5. The van der Waals surface area contributed by atoms with E-state index < -0.39 is 5.60 Å². The number of nitrogens with zero attached hydrogens (tertiary/aromatic N) is 1. The largest absolute Gasteiger partial charge is 0.497 e. The minimum Gasteiger partial charge on any atom is -0.497 e. The highest BCUT2D eigenvalue weighted by Gasteiger charge is 2.48. The number of hydrogen-bond donors (Lipinski definition) is 0. The van der Waals surface area contributed by atoms with Gasteiger partial charge < -0.3 is 33.3 Å². The van der Waals surface area contributed by atoms with Crippen molar-refractivity contribution in [3.05, 3.63) is 137 Å². The van der Waals surface area contributed by atoms with Gasteiger partial charge in [0.1, 0.15) is 28.7 Å². The summed E-state index contributed by atoms with van der Waals surface area (Å²) in [5.41, 5.74) is 10.7. The standard InChI is InChI=1S/C53H53NO6/c1-55-38-20-16-36(17-21-38)53(35-14-18-37(19-15-35)54-28-30-59-31-29-54)27-24-42-50-49(41-12-8-9-13-46(41)52(50)25-10-6-5-7-11-26-52)44-33-43(48(58-4)34-45(44)51(42)60-53)40-23-22-39(56-2)32-47(40)57-3/h8-9,12-24,27,32-34H,5-7,10-11,25-26,28-31H2,1-4H3. The molecule has 2 aliphatic carbocycles. The van der Waals surface area contributed by atoms with Crippen LogP contribution in [0.25, 0.3) is 39.1 Å². The van der Waals surface area contributed by atoms with Gasteiger partial charge in [0.25, 0.3) is 0 Å². The lowest BCUT2D eigenvalue weighted by Crippen LogP contribution is -2.37. The van der Waals surface area contributed by atoms with E-state index in [4.69, 9.17) is 28.4 Å². The van der Waals surface area contributed by atoms with Crippen molar-refractivity contribution >= 4 is 22.5 Å². The number of fused-ring (bicyclic) bond motifs is 10. The molecule has 2 aliphatic heterocycles. The Kier molecular flexibility index (Phi) is 9.95. The van der Waals surface area contributed by atoms with Gasteiger partial charge in [0.05, 0.1) is 41.7 Å². The average molecular weight is 800 g/mol. The van der Waals surface area contributed by atoms with E-state index in [9.17, 15) is 0 Å². The second-order valence-corrected chi connectivity index (χ2v) is 16.6. The van der Waals surface area contributed by atoms with Gasteiger partial charge in [-0.3, -0.25) is 0 Å². The maximum Gasteiger partial charge on any atom is 0.178 e. The monoisotopic (exact) mass is 799 g/mol. The zero-order valence-electron chi connectivity index (χ0n) is 35.1. The highest BCUT2D eigenvalue weighted by Crippen LogP contribution is 2.62. The lowest BCUT2D eigenvalue weighted by molar-refractivity contribution is 0.122. The summed E-state index contributed by atoms with van der Waals surface area (Å²) in [5.74, 6) is 3.87. The lowest BCUT2D eigenvalue weighted by Gasteiger charge is -2.40. The summed E-state index contributed by atoms with van der Waals surface area (Å²) in [7, 11) is 6.85. The maximum absolute atomic E-state index is 7.84. The van der Waals surface area contributed by atoms with Gasteiger partial charge in [0, 0.05) is 63.5 Å². The summed E-state index contributed by atoms with van der Waals surface area (Å²) in [5, 5.41) is 2.16. The van der Waals surface area contributed by atoms with Crippen molar-refractivity contribution in [3.63, 3.8) is 0 Å². The van der Waals surface area contributed by atoms with Crippen LogP contribution in [0.5, 0.6) is 28.7 Å². The number of hydrogen-bond acceptors (Lipinski definition) is 7. The minimum atomic E-state index is -0.936. The molecule has 6 aromatic rings. The molecule has 0 amide bonds. The van der Waals surface area contributed by atoms with Crippen LogP contribution in [-0.2, 0) is 15.8 Å². The first-order chi connectivity index (χ1) is 29.5. The molecule has 7 nitrogen and oxygen atoms in total. The van der Waals surface area contributed by atoms with Gasteiger partial charge in [0.15, 0.2) is 5.60 Å². The van der Waals surface area contributed by atoms with E-state index in [0.29, 0.717) is 0 Å². The molecule has 0 bridgehead atoms. The summed E-state index contributed by atoms with van der Waals surface area (Å²) >= 11 is 0. The molecule has 7 heteroatoms. The summed E-state index contributed by atoms with van der Waals surface area (Å²) in [6, 6.07) is 37.0. The first-order valence-electron chi connectivity index (χ1n) is 21.5. The molecule has 60 heavy (non-hydrogen) atoms. The third kappa shape index (κ3) is 6.11. The number of rotatable bonds is 8. The van der Waals surface area contributed by atoms with Crippen LogP contribution >= 0.6 is 0 Å². The van der Waals surface area contributed by atoms with E-state index in [1.165, 1.54) is 65.6 Å². The smallest absolute Gasteiger partial charge is 0.178 e. The van der Waals surface area contributed by atoms with E-state index in [0.717, 1.165) is 101 Å². The van der Waals surface area contributed by atoms with Gasteiger partial charge in [-0.2, -0.15) is 0 Å². The van der Waals surface area contributed by atoms with E-state index in [-0.39, 0.29) is 5.41 Å². The van der Waals surface area contributed by atoms with Crippen LogP contribution in [0.4, 0.5) is 5.69 Å². The fraction of sp³-hybridized carbons (Fsp3) is 0.321. The molecule has 0 radical (unpaired) electrons. The fourth-order valence-corrected chi connectivity index (χ4v) is 10.7. The van der Waals surface area contributed by atoms with Crippen molar-refractivity contribution in [1.29, 1.82) is 0 Å². The zero-order chi connectivity index (χ0) is 40.8. The molecule has 0 N–H and O–H groups in total. The summed E-state index contributed by atoms with van der Waals surface area (Å²) in [6.07, 6.45) is 13.1. The van der Waals surface area contributed by atoms with Crippen molar-refractivity contribution in [3.8, 4) is 51.0 Å². The van der Waals surface area contributed by atoms with Crippen LogP contribution in [-0.4, -0.2) is 54.7 Å². The Morgan fingerprint density at radius 2 is 1.23 bits per heavy atom. The van der Waals surface area contributed by atoms with Crippen LogP contribution in [0.2, 0.25) is 0 Å². The van der Waals surface area contributed by atoms with Crippen LogP contribution in [0.15, 0.2) is 109 Å². The third-order valence-corrected chi connectivity index (χ3v) is 13.7. The third-order valence-electron chi connectivity index (χ3n) is 13.7. The molecule has 2 fully saturated rings. The number of ether oxygens (including phenoxy) is 6. The second kappa shape index (κ2) is 15.6. The molecule has 0 aromatic heterocycles.